The highest BCUT2D eigenvalue weighted by Gasteiger charge is 2.27. The summed E-state index contributed by atoms with van der Waals surface area (Å²) in [4.78, 5) is 0. The van der Waals surface area contributed by atoms with Crippen molar-refractivity contribution >= 4 is 10.0 Å². The van der Waals surface area contributed by atoms with Crippen LogP contribution in [0.25, 0.3) is 0 Å². The lowest BCUT2D eigenvalue weighted by molar-refractivity contribution is 0.258. The molecule has 0 aromatic heterocycles. The van der Waals surface area contributed by atoms with Crippen molar-refractivity contribution in [2.24, 2.45) is 5.73 Å². The number of sulfonamides is 1. The molecule has 0 spiro atoms. The molecule has 0 saturated heterocycles. The number of nitrogens with one attached hydrogen (secondary N) is 1. The van der Waals surface area contributed by atoms with Crippen molar-refractivity contribution in [1.82, 2.24) is 4.72 Å². The summed E-state index contributed by atoms with van der Waals surface area (Å²) in [7, 11) is -3.25. The van der Waals surface area contributed by atoms with Crippen molar-refractivity contribution in [3.05, 3.63) is 28.8 Å². The van der Waals surface area contributed by atoms with Gasteiger partial charge < -0.3 is 10.5 Å². The van der Waals surface area contributed by atoms with Crippen LogP contribution in [0.3, 0.4) is 0 Å². The van der Waals surface area contributed by atoms with Crippen molar-refractivity contribution in [2.45, 2.75) is 38.8 Å². The molecule has 1 aromatic rings. The molecule has 5 nitrogen and oxygen atoms in total. The summed E-state index contributed by atoms with van der Waals surface area (Å²) in [5.74, 6) is 0.748. The quantitative estimate of drug-likeness (QED) is 0.887. The summed E-state index contributed by atoms with van der Waals surface area (Å²) >= 11 is 0. The Balaban J connectivity index is 2.48. The number of ether oxygens (including phenoxy) is 1. The van der Waals surface area contributed by atoms with E-state index in [1.807, 2.05) is 26.0 Å². The number of hydrogen-bond acceptors (Lipinski definition) is 4. The van der Waals surface area contributed by atoms with E-state index in [1.54, 1.807) is 0 Å². The maximum absolute atomic E-state index is 11.5. The van der Waals surface area contributed by atoms with Crippen LogP contribution in [0.1, 0.15) is 48.5 Å². The van der Waals surface area contributed by atoms with E-state index in [9.17, 15) is 8.42 Å². The third-order valence-corrected chi connectivity index (χ3v) is 4.23. The van der Waals surface area contributed by atoms with Crippen LogP contribution >= 0.6 is 0 Å². The van der Waals surface area contributed by atoms with E-state index in [2.05, 4.69) is 4.72 Å². The molecule has 1 aromatic carbocycles. The molecule has 1 aliphatic heterocycles. The highest BCUT2D eigenvalue weighted by molar-refractivity contribution is 7.88. The standard InChI is InChI=1S/C14H22N2O3S/c1-4-12(15)10-7-9(2)8-11-13(16-20(3,17)18)5-6-19-14(10)11/h7-8,12-13,16H,4-6,15H2,1-3H3. The van der Waals surface area contributed by atoms with E-state index in [-0.39, 0.29) is 12.1 Å². The van der Waals surface area contributed by atoms with Crippen molar-refractivity contribution in [2.75, 3.05) is 12.9 Å². The maximum Gasteiger partial charge on any atom is 0.209 e. The fraction of sp³-hybridized carbons (Fsp3) is 0.571. The molecule has 1 heterocycles. The largest absolute Gasteiger partial charge is 0.493 e. The summed E-state index contributed by atoms with van der Waals surface area (Å²) in [5, 5.41) is 0. The highest BCUT2D eigenvalue weighted by Crippen LogP contribution is 2.39. The van der Waals surface area contributed by atoms with Crippen LogP contribution in [-0.2, 0) is 10.0 Å². The molecule has 1 aliphatic rings. The summed E-state index contributed by atoms with van der Waals surface area (Å²) < 4.78 is 31.4. The molecule has 0 aliphatic carbocycles. The van der Waals surface area contributed by atoms with Gasteiger partial charge in [-0.05, 0) is 13.3 Å². The Bertz CT molecular complexity index is 599. The van der Waals surface area contributed by atoms with Crippen molar-refractivity contribution in [3.63, 3.8) is 0 Å². The predicted octanol–water partition coefficient (Wildman–Crippen LogP) is 1.78. The first-order valence-corrected chi connectivity index (χ1v) is 8.71. The molecular weight excluding hydrogens is 276 g/mol. The average Bonchev–Trinajstić information content (AvgIpc) is 2.36. The molecule has 6 heteroatoms. The summed E-state index contributed by atoms with van der Waals surface area (Å²) in [6.45, 7) is 4.50. The number of rotatable bonds is 4. The van der Waals surface area contributed by atoms with Gasteiger partial charge >= 0.3 is 0 Å². The van der Waals surface area contributed by atoms with Crippen LogP contribution in [-0.4, -0.2) is 21.3 Å². The Morgan fingerprint density at radius 3 is 2.80 bits per heavy atom. The van der Waals surface area contributed by atoms with Crippen LogP contribution in [0.5, 0.6) is 5.75 Å². The van der Waals surface area contributed by atoms with Crippen LogP contribution in [0, 0.1) is 6.92 Å². The first-order valence-electron chi connectivity index (χ1n) is 6.82. The van der Waals surface area contributed by atoms with E-state index < -0.39 is 10.0 Å². The van der Waals surface area contributed by atoms with E-state index in [4.69, 9.17) is 10.5 Å². The minimum absolute atomic E-state index is 0.0966. The Morgan fingerprint density at radius 2 is 2.20 bits per heavy atom. The molecule has 0 radical (unpaired) electrons. The van der Waals surface area contributed by atoms with Gasteiger partial charge in [-0.25, -0.2) is 13.1 Å². The predicted molar refractivity (Wildman–Crippen MR) is 79.2 cm³/mol. The lowest BCUT2D eigenvalue weighted by atomic mass is 9.92. The number of hydrogen-bond donors (Lipinski definition) is 2. The average molecular weight is 298 g/mol. The normalized spacial score (nSPS) is 20.1. The summed E-state index contributed by atoms with van der Waals surface area (Å²) in [6.07, 6.45) is 2.62. The SMILES string of the molecule is CCC(N)c1cc(C)cc2c1OCCC2NS(C)(=O)=O. The van der Waals surface area contributed by atoms with E-state index in [0.29, 0.717) is 13.0 Å². The summed E-state index contributed by atoms with van der Waals surface area (Å²) in [6, 6.07) is 3.66. The molecule has 0 amide bonds. The van der Waals surface area contributed by atoms with Gasteiger partial charge in [0, 0.05) is 23.6 Å². The van der Waals surface area contributed by atoms with Crippen molar-refractivity contribution in [3.8, 4) is 5.75 Å². The third-order valence-electron chi connectivity index (χ3n) is 3.51. The van der Waals surface area contributed by atoms with Gasteiger partial charge in [0.1, 0.15) is 5.75 Å². The zero-order valence-corrected chi connectivity index (χ0v) is 13.0. The minimum atomic E-state index is -3.25. The van der Waals surface area contributed by atoms with Gasteiger partial charge in [-0.1, -0.05) is 24.6 Å². The van der Waals surface area contributed by atoms with Gasteiger partial charge in [-0.3, -0.25) is 0 Å². The summed E-state index contributed by atoms with van der Waals surface area (Å²) in [5.41, 5.74) is 9.05. The van der Waals surface area contributed by atoms with Gasteiger partial charge in [-0.15, -0.1) is 0 Å². The van der Waals surface area contributed by atoms with Gasteiger partial charge in [0.05, 0.1) is 18.9 Å². The van der Waals surface area contributed by atoms with Crippen LogP contribution in [0.2, 0.25) is 0 Å². The molecule has 3 N–H and O–H groups in total. The molecule has 2 atom stereocenters. The molecule has 0 saturated carbocycles. The molecule has 0 bridgehead atoms. The van der Waals surface area contributed by atoms with Crippen LogP contribution < -0.4 is 15.2 Å². The second-order valence-electron chi connectivity index (χ2n) is 5.37. The second-order valence-corrected chi connectivity index (χ2v) is 7.15. The molecule has 2 unspecified atom stereocenters. The van der Waals surface area contributed by atoms with Gasteiger partial charge in [0.2, 0.25) is 10.0 Å². The van der Waals surface area contributed by atoms with E-state index >= 15 is 0 Å². The molecular formula is C14H22N2O3S. The number of nitrogens with two attached hydrogens (primary N) is 1. The monoisotopic (exact) mass is 298 g/mol. The lowest BCUT2D eigenvalue weighted by Crippen LogP contribution is -2.32. The molecule has 20 heavy (non-hydrogen) atoms. The topological polar surface area (TPSA) is 81.4 Å². The zero-order valence-electron chi connectivity index (χ0n) is 12.1. The molecule has 2 rings (SSSR count). The third kappa shape index (κ3) is 3.31. The fourth-order valence-electron chi connectivity index (χ4n) is 2.57. The number of aryl methyl sites for hydroxylation is 1. The van der Waals surface area contributed by atoms with E-state index in [1.165, 1.54) is 6.26 Å². The number of fused-ring (bicyclic) bond motifs is 1. The smallest absolute Gasteiger partial charge is 0.209 e. The zero-order chi connectivity index (χ0) is 14.9. The molecule has 0 fully saturated rings. The van der Waals surface area contributed by atoms with Gasteiger partial charge in [0.25, 0.3) is 0 Å². The highest BCUT2D eigenvalue weighted by atomic mass is 32.2. The van der Waals surface area contributed by atoms with Crippen LogP contribution in [0.15, 0.2) is 12.1 Å². The van der Waals surface area contributed by atoms with Crippen molar-refractivity contribution < 1.29 is 13.2 Å². The van der Waals surface area contributed by atoms with Gasteiger partial charge in [-0.2, -0.15) is 0 Å². The number of benzene rings is 1. The minimum Gasteiger partial charge on any atom is -0.493 e. The molecule has 112 valence electrons. The lowest BCUT2D eigenvalue weighted by Gasteiger charge is -2.29. The van der Waals surface area contributed by atoms with E-state index in [0.717, 1.165) is 28.9 Å². The Labute approximate surface area is 120 Å². The Morgan fingerprint density at radius 1 is 1.50 bits per heavy atom. The first kappa shape index (κ1) is 15.3. The second kappa shape index (κ2) is 5.71. The maximum atomic E-state index is 11.5. The Kier molecular flexibility index (Phi) is 4.36. The Hall–Kier alpha value is -1.11. The fourth-order valence-corrected chi connectivity index (χ4v) is 3.33. The van der Waals surface area contributed by atoms with Crippen LogP contribution in [0.4, 0.5) is 0 Å². The first-order chi connectivity index (χ1) is 9.31. The van der Waals surface area contributed by atoms with Gasteiger partial charge in [0.15, 0.2) is 0 Å². The van der Waals surface area contributed by atoms with Crippen molar-refractivity contribution in [1.29, 1.82) is 0 Å².